The fraction of sp³-hybridized carbons (Fsp3) is 0.310. The summed E-state index contributed by atoms with van der Waals surface area (Å²) in [6.07, 6.45) is 0. The molecule has 3 aromatic rings. The van der Waals surface area contributed by atoms with Gasteiger partial charge in [-0.1, -0.05) is 72.9 Å². The van der Waals surface area contributed by atoms with Gasteiger partial charge in [-0.15, -0.1) is 0 Å². The third kappa shape index (κ3) is 7.91. The monoisotopic (exact) mass is 623 g/mol. The molecule has 0 fully saturated rings. The van der Waals surface area contributed by atoms with E-state index in [2.05, 4.69) is 5.32 Å². The number of sulfonamides is 1. The zero-order valence-corrected chi connectivity index (χ0v) is 25.8. The SMILES string of the molecule is Cc1cc(Cl)ccc1N(CC(=O)N(Cc1ccc(Cl)c(Cl)c1)C(C)C(=O)NCC(C)C)S(=O)(=O)c1ccccc1. The number of benzene rings is 3. The maximum absolute atomic E-state index is 14.0. The van der Waals surface area contributed by atoms with Crippen LogP contribution in [-0.4, -0.2) is 44.3 Å². The molecule has 2 amide bonds. The number of rotatable bonds is 11. The Morgan fingerprint density at radius 1 is 0.900 bits per heavy atom. The van der Waals surface area contributed by atoms with Crippen LogP contribution in [0.2, 0.25) is 15.1 Å². The minimum Gasteiger partial charge on any atom is -0.354 e. The van der Waals surface area contributed by atoms with Crippen LogP contribution in [0.3, 0.4) is 0 Å². The number of carbonyl (C=O) groups is 2. The van der Waals surface area contributed by atoms with Crippen molar-refractivity contribution in [1.29, 1.82) is 0 Å². The topological polar surface area (TPSA) is 86.8 Å². The molecule has 1 atom stereocenters. The predicted molar refractivity (Wildman–Crippen MR) is 161 cm³/mol. The Morgan fingerprint density at radius 2 is 1.57 bits per heavy atom. The van der Waals surface area contributed by atoms with E-state index in [9.17, 15) is 18.0 Å². The zero-order valence-electron chi connectivity index (χ0n) is 22.7. The van der Waals surface area contributed by atoms with Crippen molar-refractivity contribution in [2.24, 2.45) is 5.92 Å². The first-order valence-corrected chi connectivity index (χ1v) is 15.2. The fourth-order valence-corrected chi connectivity index (χ4v) is 6.05. The van der Waals surface area contributed by atoms with Gasteiger partial charge in [0, 0.05) is 18.1 Å². The quantitative estimate of drug-likeness (QED) is 0.270. The molecule has 1 unspecified atom stereocenters. The summed E-state index contributed by atoms with van der Waals surface area (Å²) >= 11 is 18.4. The molecule has 0 aliphatic rings. The Hall–Kier alpha value is -2.78. The zero-order chi connectivity index (χ0) is 29.6. The first-order chi connectivity index (χ1) is 18.8. The standard InChI is InChI=1S/C29H32Cl3N3O4S/c1-19(2)16-33-29(37)21(4)34(17-22-10-12-25(31)26(32)15-22)28(36)18-35(27-13-11-23(30)14-20(27)3)40(38,39)24-8-6-5-7-9-24/h5-15,19,21H,16-18H2,1-4H3,(H,33,37). The van der Waals surface area contributed by atoms with Gasteiger partial charge in [0.1, 0.15) is 12.6 Å². The van der Waals surface area contributed by atoms with Crippen molar-refractivity contribution in [2.75, 3.05) is 17.4 Å². The van der Waals surface area contributed by atoms with Crippen molar-refractivity contribution in [3.05, 3.63) is 92.9 Å². The third-order valence-electron chi connectivity index (χ3n) is 6.23. The highest BCUT2D eigenvalue weighted by atomic mass is 35.5. The van der Waals surface area contributed by atoms with Gasteiger partial charge < -0.3 is 10.2 Å². The van der Waals surface area contributed by atoms with Crippen LogP contribution in [0.4, 0.5) is 5.69 Å². The largest absolute Gasteiger partial charge is 0.354 e. The molecule has 214 valence electrons. The van der Waals surface area contributed by atoms with Crippen molar-refractivity contribution in [1.82, 2.24) is 10.2 Å². The third-order valence-corrected chi connectivity index (χ3v) is 8.97. The van der Waals surface area contributed by atoms with Gasteiger partial charge in [0.05, 0.1) is 20.6 Å². The summed E-state index contributed by atoms with van der Waals surface area (Å²) in [5, 5.41) is 3.94. The smallest absolute Gasteiger partial charge is 0.264 e. The van der Waals surface area contributed by atoms with Gasteiger partial charge in [0.2, 0.25) is 11.8 Å². The number of hydrogen-bond donors (Lipinski definition) is 1. The minimum atomic E-state index is -4.17. The molecule has 0 saturated heterocycles. The number of carbonyl (C=O) groups excluding carboxylic acids is 2. The Kier molecular flexibility index (Phi) is 10.9. The summed E-state index contributed by atoms with van der Waals surface area (Å²) in [6, 6.07) is 16.6. The second-order valence-electron chi connectivity index (χ2n) is 9.84. The first-order valence-electron chi connectivity index (χ1n) is 12.7. The van der Waals surface area contributed by atoms with Gasteiger partial charge in [0.15, 0.2) is 0 Å². The maximum atomic E-state index is 14.0. The van der Waals surface area contributed by atoms with E-state index in [-0.39, 0.29) is 23.3 Å². The number of anilines is 1. The number of nitrogens with zero attached hydrogens (tertiary/aromatic N) is 2. The number of nitrogens with one attached hydrogen (secondary N) is 1. The van der Waals surface area contributed by atoms with Crippen LogP contribution in [0.1, 0.15) is 31.9 Å². The lowest BCUT2D eigenvalue weighted by Gasteiger charge is -2.32. The van der Waals surface area contributed by atoms with Crippen LogP contribution >= 0.6 is 34.8 Å². The van der Waals surface area contributed by atoms with E-state index in [4.69, 9.17) is 34.8 Å². The summed E-state index contributed by atoms with van der Waals surface area (Å²) in [7, 11) is -4.17. The fourth-order valence-electron chi connectivity index (χ4n) is 4.00. The molecule has 3 aromatic carbocycles. The average Bonchev–Trinajstić information content (AvgIpc) is 2.91. The van der Waals surface area contributed by atoms with E-state index >= 15 is 0 Å². The molecule has 7 nitrogen and oxygen atoms in total. The lowest BCUT2D eigenvalue weighted by atomic mass is 10.1. The van der Waals surface area contributed by atoms with E-state index in [0.717, 1.165) is 4.31 Å². The molecule has 0 aromatic heterocycles. The highest BCUT2D eigenvalue weighted by molar-refractivity contribution is 7.92. The van der Waals surface area contributed by atoms with Crippen LogP contribution in [0.15, 0.2) is 71.6 Å². The van der Waals surface area contributed by atoms with Crippen LogP contribution in [0.5, 0.6) is 0 Å². The van der Waals surface area contributed by atoms with Crippen LogP contribution in [0, 0.1) is 12.8 Å². The van der Waals surface area contributed by atoms with Crippen molar-refractivity contribution >= 4 is 62.3 Å². The lowest BCUT2D eigenvalue weighted by molar-refractivity contribution is -0.139. The highest BCUT2D eigenvalue weighted by Gasteiger charge is 2.33. The van der Waals surface area contributed by atoms with E-state index < -0.39 is 28.5 Å². The molecule has 40 heavy (non-hydrogen) atoms. The Morgan fingerprint density at radius 3 is 2.17 bits per heavy atom. The first kappa shape index (κ1) is 31.7. The minimum absolute atomic E-state index is 0.00477. The summed E-state index contributed by atoms with van der Waals surface area (Å²) in [5.74, 6) is -0.732. The summed E-state index contributed by atoms with van der Waals surface area (Å²) in [6.45, 7) is 7.13. The van der Waals surface area contributed by atoms with Crippen molar-refractivity contribution in [3.63, 3.8) is 0 Å². The second kappa shape index (κ2) is 13.7. The number of aryl methyl sites for hydroxylation is 1. The van der Waals surface area contributed by atoms with Gasteiger partial charge in [-0.05, 0) is 73.4 Å². The van der Waals surface area contributed by atoms with Gasteiger partial charge in [0.25, 0.3) is 10.0 Å². The van der Waals surface area contributed by atoms with E-state index in [0.29, 0.717) is 38.4 Å². The number of amides is 2. The molecule has 0 bridgehead atoms. The van der Waals surface area contributed by atoms with Crippen LogP contribution < -0.4 is 9.62 Å². The maximum Gasteiger partial charge on any atom is 0.264 e. The van der Waals surface area contributed by atoms with Gasteiger partial charge in [-0.2, -0.15) is 0 Å². The molecule has 0 saturated carbocycles. The molecule has 1 N–H and O–H groups in total. The highest BCUT2D eigenvalue weighted by Crippen LogP contribution is 2.30. The van der Waals surface area contributed by atoms with E-state index in [1.54, 1.807) is 68.4 Å². The second-order valence-corrected chi connectivity index (χ2v) is 13.0. The summed E-state index contributed by atoms with van der Waals surface area (Å²) < 4.78 is 28.8. The van der Waals surface area contributed by atoms with Crippen LogP contribution in [0.25, 0.3) is 0 Å². The molecule has 0 heterocycles. The van der Waals surface area contributed by atoms with E-state index in [1.807, 2.05) is 13.8 Å². The number of hydrogen-bond acceptors (Lipinski definition) is 4. The molecule has 0 aliphatic carbocycles. The molecule has 11 heteroatoms. The molecule has 3 rings (SSSR count). The Balaban J connectivity index is 2.05. The number of halogens is 3. The van der Waals surface area contributed by atoms with Crippen molar-refractivity contribution in [3.8, 4) is 0 Å². The predicted octanol–water partition coefficient (Wildman–Crippen LogP) is 6.34. The molecule has 0 spiro atoms. The van der Waals surface area contributed by atoms with Gasteiger partial charge >= 0.3 is 0 Å². The summed E-state index contributed by atoms with van der Waals surface area (Å²) in [5.41, 5.74) is 1.50. The Bertz CT molecular complexity index is 1470. The van der Waals surface area contributed by atoms with Gasteiger partial charge in [-0.25, -0.2) is 8.42 Å². The summed E-state index contributed by atoms with van der Waals surface area (Å²) in [4.78, 5) is 28.4. The van der Waals surface area contributed by atoms with Crippen molar-refractivity contribution < 1.29 is 18.0 Å². The molecular weight excluding hydrogens is 593 g/mol. The molecule has 0 aliphatic heterocycles. The normalized spacial score (nSPS) is 12.2. The van der Waals surface area contributed by atoms with E-state index in [1.165, 1.54) is 17.0 Å². The lowest BCUT2D eigenvalue weighted by Crippen LogP contribution is -2.51. The van der Waals surface area contributed by atoms with Crippen molar-refractivity contribution in [2.45, 2.75) is 45.2 Å². The molecular formula is C29H32Cl3N3O4S. The van der Waals surface area contributed by atoms with Crippen LogP contribution in [-0.2, 0) is 26.2 Å². The molecule has 0 radical (unpaired) electrons. The average molecular weight is 625 g/mol. The Labute approximate surface area is 251 Å². The van der Waals surface area contributed by atoms with Gasteiger partial charge in [-0.3, -0.25) is 13.9 Å².